The molecule has 0 unspecified atom stereocenters. The molecule has 26 heavy (non-hydrogen) atoms. The molecule has 0 aromatic heterocycles. The van der Waals surface area contributed by atoms with Crippen LogP contribution >= 0.6 is 23.2 Å². The lowest BCUT2D eigenvalue weighted by molar-refractivity contribution is -0.384. The fourth-order valence-electron chi connectivity index (χ4n) is 2.76. The van der Waals surface area contributed by atoms with E-state index >= 15 is 0 Å². The van der Waals surface area contributed by atoms with E-state index in [9.17, 15) is 10.1 Å². The molecule has 0 radical (unpaired) electrons. The van der Waals surface area contributed by atoms with Crippen LogP contribution in [0.4, 0.5) is 5.69 Å². The summed E-state index contributed by atoms with van der Waals surface area (Å²) < 4.78 is 0. The quantitative estimate of drug-likeness (QED) is 0.437. The summed E-state index contributed by atoms with van der Waals surface area (Å²) in [4.78, 5) is 12.8. The van der Waals surface area contributed by atoms with Crippen molar-refractivity contribution in [3.63, 3.8) is 0 Å². The van der Waals surface area contributed by atoms with Crippen LogP contribution < -0.4 is 0 Å². The lowest BCUT2D eigenvalue weighted by Crippen LogP contribution is -2.43. The van der Waals surface area contributed by atoms with E-state index in [-0.39, 0.29) is 10.7 Å². The van der Waals surface area contributed by atoms with Crippen molar-refractivity contribution < 1.29 is 4.92 Å². The van der Waals surface area contributed by atoms with Gasteiger partial charge in [-0.25, -0.2) is 0 Å². The van der Waals surface area contributed by atoms with Crippen LogP contribution in [-0.4, -0.2) is 47.2 Å². The van der Waals surface area contributed by atoms with Crippen LogP contribution in [-0.2, 0) is 6.54 Å². The molecule has 0 atom stereocenters. The molecule has 0 N–H and O–H groups in total. The maximum Gasteiger partial charge on any atom is 0.288 e. The Balaban J connectivity index is 1.53. The third-order valence-electron chi connectivity index (χ3n) is 4.21. The molecular formula is C18H18Cl2N4O2. The van der Waals surface area contributed by atoms with Crippen molar-refractivity contribution in [2.75, 3.05) is 26.2 Å². The zero-order valence-electron chi connectivity index (χ0n) is 14.0. The maximum absolute atomic E-state index is 10.9. The first kappa shape index (κ1) is 18.6. The smallest absolute Gasteiger partial charge is 0.288 e. The highest BCUT2D eigenvalue weighted by molar-refractivity contribution is 6.32. The molecule has 1 aliphatic heterocycles. The van der Waals surface area contributed by atoms with Crippen LogP contribution in [0.2, 0.25) is 10.0 Å². The number of nitro groups is 1. The Morgan fingerprint density at radius 3 is 2.42 bits per heavy atom. The summed E-state index contributed by atoms with van der Waals surface area (Å²) >= 11 is 11.7. The summed E-state index contributed by atoms with van der Waals surface area (Å²) in [5, 5.41) is 18.2. The third kappa shape index (κ3) is 4.94. The standard InChI is InChI=1S/C18H18Cl2N4O2/c19-16-4-1-14(2-5-16)13-22-7-9-23(10-8-22)21-12-15-3-6-17(20)18(11-15)24(25)26/h1-6,11-12H,7-10,13H2/b21-12+. The summed E-state index contributed by atoms with van der Waals surface area (Å²) in [5.74, 6) is 0. The summed E-state index contributed by atoms with van der Waals surface area (Å²) in [6, 6.07) is 12.6. The average Bonchev–Trinajstić information content (AvgIpc) is 2.64. The number of rotatable bonds is 5. The van der Waals surface area contributed by atoms with Gasteiger partial charge in [0.05, 0.1) is 11.1 Å². The number of piperazine rings is 1. The topological polar surface area (TPSA) is 62.0 Å². The Labute approximate surface area is 161 Å². The molecule has 0 amide bonds. The van der Waals surface area contributed by atoms with Crippen LogP contribution in [0.15, 0.2) is 47.6 Å². The van der Waals surface area contributed by atoms with Gasteiger partial charge in [0.25, 0.3) is 5.69 Å². The van der Waals surface area contributed by atoms with Crippen molar-refractivity contribution in [3.8, 4) is 0 Å². The molecule has 1 aliphatic rings. The van der Waals surface area contributed by atoms with Gasteiger partial charge in [-0.2, -0.15) is 5.10 Å². The van der Waals surface area contributed by atoms with Crippen molar-refractivity contribution in [1.82, 2.24) is 9.91 Å². The number of benzene rings is 2. The number of hydrogen-bond acceptors (Lipinski definition) is 5. The van der Waals surface area contributed by atoms with Crippen molar-refractivity contribution >= 4 is 35.1 Å². The summed E-state index contributed by atoms with van der Waals surface area (Å²) in [6.45, 7) is 4.30. The molecule has 2 aromatic carbocycles. The van der Waals surface area contributed by atoms with Gasteiger partial charge in [0.15, 0.2) is 0 Å². The normalized spacial score (nSPS) is 15.5. The van der Waals surface area contributed by atoms with E-state index in [4.69, 9.17) is 23.2 Å². The first-order valence-corrected chi connectivity index (χ1v) is 8.96. The van der Waals surface area contributed by atoms with Crippen molar-refractivity contribution in [2.45, 2.75) is 6.54 Å². The predicted molar refractivity (Wildman–Crippen MR) is 104 cm³/mol. The minimum Gasteiger partial charge on any atom is -0.295 e. The molecule has 1 heterocycles. The average molecular weight is 393 g/mol. The van der Waals surface area contributed by atoms with Gasteiger partial charge in [0.2, 0.25) is 0 Å². The minimum absolute atomic E-state index is 0.108. The summed E-state index contributed by atoms with van der Waals surface area (Å²) in [6.07, 6.45) is 1.64. The zero-order valence-corrected chi connectivity index (χ0v) is 15.5. The molecule has 0 spiro atoms. The molecule has 0 bridgehead atoms. The molecule has 8 heteroatoms. The molecule has 136 valence electrons. The van der Waals surface area contributed by atoms with Crippen LogP contribution in [0.3, 0.4) is 0 Å². The number of hydrazone groups is 1. The lowest BCUT2D eigenvalue weighted by atomic mass is 10.2. The van der Waals surface area contributed by atoms with E-state index in [1.165, 1.54) is 17.7 Å². The zero-order chi connectivity index (χ0) is 18.5. The van der Waals surface area contributed by atoms with E-state index < -0.39 is 4.92 Å². The second-order valence-electron chi connectivity index (χ2n) is 6.07. The molecule has 1 fully saturated rings. The van der Waals surface area contributed by atoms with Crippen LogP contribution in [0.1, 0.15) is 11.1 Å². The van der Waals surface area contributed by atoms with E-state index in [2.05, 4.69) is 10.0 Å². The van der Waals surface area contributed by atoms with E-state index in [1.54, 1.807) is 12.3 Å². The Morgan fingerprint density at radius 1 is 1.08 bits per heavy atom. The fourth-order valence-corrected chi connectivity index (χ4v) is 3.07. The van der Waals surface area contributed by atoms with Gasteiger partial charge in [-0.05, 0) is 23.8 Å². The molecular weight excluding hydrogens is 375 g/mol. The Morgan fingerprint density at radius 2 is 1.77 bits per heavy atom. The highest BCUT2D eigenvalue weighted by atomic mass is 35.5. The van der Waals surface area contributed by atoms with Gasteiger partial charge in [-0.15, -0.1) is 0 Å². The van der Waals surface area contributed by atoms with Crippen molar-refractivity contribution in [1.29, 1.82) is 0 Å². The highest BCUT2D eigenvalue weighted by Crippen LogP contribution is 2.24. The summed E-state index contributed by atoms with van der Waals surface area (Å²) in [5.41, 5.74) is 1.79. The Bertz CT molecular complexity index is 803. The first-order chi connectivity index (χ1) is 12.5. The minimum atomic E-state index is -0.491. The van der Waals surface area contributed by atoms with Crippen LogP contribution in [0.5, 0.6) is 0 Å². The van der Waals surface area contributed by atoms with Gasteiger partial charge in [-0.1, -0.05) is 41.4 Å². The van der Waals surface area contributed by atoms with Gasteiger partial charge in [0.1, 0.15) is 5.02 Å². The maximum atomic E-state index is 10.9. The Hall–Kier alpha value is -2.15. The van der Waals surface area contributed by atoms with E-state index in [0.29, 0.717) is 5.56 Å². The molecule has 1 saturated heterocycles. The monoisotopic (exact) mass is 392 g/mol. The number of nitro benzene ring substituents is 1. The molecule has 2 aromatic rings. The first-order valence-electron chi connectivity index (χ1n) is 8.21. The van der Waals surface area contributed by atoms with Crippen molar-refractivity contribution in [2.24, 2.45) is 5.10 Å². The fraction of sp³-hybridized carbons (Fsp3) is 0.278. The Kier molecular flexibility index (Phi) is 6.08. The number of hydrogen-bond donors (Lipinski definition) is 0. The lowest BCUT2D eigenvalue weighted by Gasteiger charge is -2.33. The van der Waals surface area contributed by atoms with E-state index in [0.717, 1.165) is 37.7 Å². The van der Waals surface area contributed by atoms with Gasteiger partial charge in [-0.3, -0.25) is 20.0 Å². The number of halogens is 2. The molecule has 0 aliphatic carbocycles. The number of nitrogens with zero attached hydrogens (tertiary/aromatic N) is 4. The van der Waals surface area contributed by atoms with Gasteiger partial charge >= 0.3 is 0 Å². The van der Waals surface area contributed by atoms with Crippen LogP contribution in [0.25, 0.3) is 0 Å². The van der Waals surface area contributed by atoms with Crippen LogP contribution in [0, 0.1) is 10.1 Å². The second kappa shape index (κ2) is 8.49. The third-order valence-corrected chi connectivity index (χ3v) is 4.78. The van der Waals surface area contributed by atoms with Gasteiger partial charge < -0.3 is 0 Å². The molecule has 6 nitrogen and oxygen atoms in total. The predicted octanol–water partition coefficient (Wildman–Crippen LogP) is 4.05. The van der Waals surface area contributed by atoms with Crippen molar-refractivity contribution in [3.05, 3.63) is 73.8 Å². The van der Waals surface area contributed by atoms with E-state index in [1.807, 2.05) is 29.3 Å². The molecule has 0 saturated carbocycles. The highest BCUT2D eigenvalue weighted by Gasteiger charge is 2.16. The van der Waals surface area contributed by atoms with Gasteiger partial charge in [0, 0.05) is 49.4 Å². The SMILES string of the molecule is O=[N+]([O-])c1cc(/C=N/N2CCN(Cc3ccc(Cl)cc3)CC2)ccc1Cl. The second-order valence-corrected chi connectivity index (χ2v) is 6.91. The largest absolute Gasteiger partial charge is 0.295 e. The molecule has 3 rings (SSSR count). The summed E-state index contributed by atoms with van der Waals surface area (Å²) in [7, 11) is 0.